The van der Waals surface area contributed by atoms with Crippen molar-refractivity contribution in [2.75, 3.05) is 18.5 Å². The summed E-state index contributed by atoms with van der Waals surface area (Å²) < 4.78 is 0. The first-order valence-corrected chi connectivity index (χ1v) is 9.77. The average Bonchev–Trinajstić information content (AvgIpc) is 2.71. The first-order chi connectivity index (χ1) is 13.5. The molecule has 5 nitrogen and oxygen atoms in total. The van der Waals surface area contributed by atoms with Crippen LogP contribution in [0.25, 0.3) is 22.0 Å². The Balaban J connectivity index is 2.09. The summed E-state index contributed by atoms with van der Waals surface area (Å²) in [4.78, 5) is 22.2. The van der Waals surface area contributed by atoms with Crippen LogP contribution >= 0.6 is 0 Å². The van der Waals surface area contributed by atoms with Crippen LogP contribution in [0.15, 0.2) is 48.8 Å². The van der Waals surface area contributed by atoms with Crippen molar-refractivity contribution in [2.45, 2.75) is 33.1 Å². The molecule has 0 saturated heterocycles. The highest BCUT2D eigenvalue weighted by atomic mass is 16.4. The zero-order valence-corrected chi connectivity index (χ0v) is 16.7. The lowest BCUT2D eigenvalue weighted by atomic mass is 9.98. The highest BCUT2D eigenvalue weighted by molar-refractivity contribution is 5.96. The number of fused-ring (bicyclic) bond motifs is 1. The number of carbonyl (C=O) groups is 1. The van der Waals surface area contributed by atoms with E-state index in [2.05, 4.69) is 30.1 Å². The Hall–Kier alpha value is -2.95. The second-order valence-corrected chi connectivity index (χ2v) is 7.34. The summed E-state index contributed by atoms with van der Waals surface area (Å²) in [6.45, 7) is 4.31. The number of nitrogens with zero attached hydrogens (tertiary/aromatic N) is 3. The Bertz CT molecular complexity index is 957. The summed E-state index contributed by atoms with van der Waals surface area (Å²) in [6, 6.07) is 12.4. The number of aryl methyl sites for hydroxylation is 1. The van der Waals surface area contributed by atoms with Gasteiger partial charge in [0.1, 0.15) is 5.82 Å². The first kappa shape index (κ1) is 19.8. The van der Waals surface area contributed by atoms with Crippen molar-refractivity contribution < 1.29 is 9.90 Å². The van der Waals surface area contributed by atoms with Gasteiger partial charge in [-0.25, -0.2) is 4.98 Å². The summed E-state index contributed by atoms with van der Waals surface area (Å²) in [5.41, 5.74) is 4.32. The molecule has 0 radical (unpaired) electrons. The number of unbranched alkanes of at least 4 members (excludes halogenated alkanes) is 1. The summed E-state index contributed by atoms with van der Waals surface area (Å²) >= 11 is 0. The molecule has 1 aromatic carbocycles. The Labute approximate surface area is 166 Å². The van der Waals surface area contributed by atoms with Crippen LogP contribution in [0.3, 0.4) is 0 Å². The number of aromatic nitrogens is 2. The normalized spacial score (nSPS) is 12.1. The lowest BCUT2D eigenvalue weighted by Gasteiger charge is -2.22. The molecule has 1 atom stereocenters. The summed E-state index contributed by atoms with van der Waals surface area (Å²) in [6.07, 6.45) is 7.00. The monoisotopic (exact) mass is 377 g/mol. The molecule has 3 rings (SSSR count). The Kier molecular flexibility index (Phi) is 6.24. The highest BCUT2D eigenvalue weighted by Gasteiger charge is 2.17. The number of carboxylic acid groups (broad SMARTS) is 1. The molecule has 28 heavy (non-hydrogen) atoms. The highest BCUT2D eigenvalue weighted by Crippen LogP contribution is 2.32. The van der Waals surface area contributed by atoms with E-state index in [1.807, 2.05) is 36.3 Å². The number of hydrogen-bond donors (Lipinski definition) is 1. The number of pyridine rings is 2. The third-order valence-corrected chi connectivity index (χ3v) is 5.01. The molecular weight excluding hydrogens is 350 g/mol. The van der Waals surface area contributed by atoms with Gasteiger partial charge in [-0.15, -0.1) is 0 Å². The van der Waals surface area contributed by atoms with Crippen LogP contribution in [0.1, 0.15) is 32.3 Å². The van der Waals surface area contributed by atoms with Crippen molar-refractivity contribution in [1.29, 1.82) is 0 Å². The smallest absolute Gasteiger partial charge is 0.308 e. The van der Waals surface area contributed by atoms with Crippen molar-refractivity contribution in [2.24, 2.45) is 5.92 Å². The SMILES string of the molecule is CCCCc1ccc2nc(N(C)CC(C)C(=O)O)cc(-c3cccnc3)c2c1. The van der Waals surface area contributed by atoms with Gasteiger partial charge in [0, 0.05) is 36.9 Å². The summed E-state index contributed by atoms with van der Waals surface area (Å²) in [5.74, 6) is -0.512. The second kappa shape index (κ2) is 8.83. The molecule has 0 amide bonds. The van der Waals surface area contributed by atoms with Gasteiger partial charge in [-0.05, 0) is 48.2 Å². The molecule has 1 unspecified atom stereocenters. The van der Waals surface area contributed by atoms with Crippen LogP contribution < -0.4 is 4.90 Å². The molecule has 0 spiro atoms. The van der Waals surface area contributed by atoms with Gasteiger partial charge in [0.05, 0.1) is 11.4 Å². The van der Waals surface area contributed by atoms with Gasteiger partial charge in [0.2, 0.25) is 0 Å². The van der Waals surface area contributed by atoms with E-state index in [1.165, 1.54) is 5.56 Å². The molecule has 5 heteroatoms. The van der Waals surface area contributed by atoms with Gasteiger partial charge >= 0.3 is 5.97 Å². The van der Waals surface area contributed by atoms with E-state index in [0.717, 1.165) is 47.1 Å². The predicted octanol–water partition coefficient (Wildman–Crippen LogP) is 4.80. The van der Waals surface area contributed by atoms with Crippen molar-refractivity contribution in [3.8, 4) is 11.1 Å². The van der Waals surface area contributed by atoms with Crippen LogP contribution in [-0.2, 0) is 11.2 Å². The van der Waals surface area contributed by atoms with Gasteiger partial charge in [-0.1, -0.05) is 32.4 Å². The molecular formula is C23H27N3O2. The maximum absolute atomic E-state index is 11.2. The largest absolute Gasteiger partial charge is 0.481 e. The number of anilines is 1. The fraction of sp³-hybridized carbons (Fsp3) is 0.348. The molecule has 1 N–H and O–H groups in total. The molecule has 3 aromatic rings. The number of aliphatic carboxylic acids is 1. The van der Waals surface area contributed by atoms with E-state index >= 15 is 0 Å². The molecule has 0 aliphatic heterocycles. The first-order valence-electron chi connectivity index (χ1n) is 9.77. The minimum atomic E-state index is -0.805. The number of benzene rings is 1. The zero-order chi connectivity index (χ0) is 20.1. The second-order valence-electron chi connectivity index (χ2n) is 7.34. The van der Waals surface area contributed by atoms with Crippen molar-refractivity contribution in [3.63, 3.8) is 0 Å². The number of rotatable bonds is 8. The maximum atomic E-state index is 11.2. The fourth-order valence-corrected chi connectivity index (χ4v) is 3.33. The topological polar surface area (TPSA) is 66.3 Å². The van der Waals surface area contributed by atoms with Crippen LogP contribution in [0, 0.1) is 5.92 Å². The number of hydrogen-bond acceptors (Lipinski definition) is 4. The third kappa shape index (κ3) is 4.47. The maximum Gasteiger partial charge on any atom is 0.308 e. The molecule has 0 bridgehead atoms. The van der Waals surface area contributed by atoms with E-state index in [0.29, 0.717) is 6.54 Å². The lowest BCUT2D eigenvalue weighted by Crippen LogP contribution is -2.29. The summed E-state index contributed by atoms with van der Waals surface area (Å²) in [5, 5.41) is 10.3. The molecule has 2 aromatic heterocycles. The van der Waals surface area contributed by atoms with E-state index < -0.39 is 11.9 Å². The van der Waals surface area contributed by atoms with Crippen molar-refractivity contribution >= 4 is 22.7 Å². The van der Waals surface area contributed by atoms with Gasteiger partial charge in [-0.2, -0.15) is 0 Å². The van der Waals surface area contributed by atoms with Crippen molar-refractivity contribution in [1.82, 2.24) is 9.97 Å². The lowest BCUT2D eigenvalue weighted by molar-refractivity contribution is -0.140. The standard InChI is InChI=1S/C23H27N3O2/c1-4-5-7-17-9-10-21-20(12-17)19(18-8-6-11-24-14-18)13-22(25-21)26(3)15-16(2)23(27)28/h6,8-14,16H,4-5,7,15H2,1-3H3,(H,27,28). The van der Waals surface area contributed by atoms with E-state index in [1.54, 1.807) is 13.1 Å². The quantitative estimate of drug-likeness (QED) is 0.611. The van der Waals surface area contributed by atoms with E-state index in [4.69, 9.17) is 4.98 Å². The molecule has 146 valence electrons. The molecule has 0 aliphatic carbocycles. The summed E-state index contributed by atoms with van der Waals surface area (Å²) in [7, 11) is 1.89. The number of carboxylic acids is 1. The van der Waals surface area contributed by atoms with Gasteiger partial charge in [-0.3, -0.25) is 9.78 Å². The molecule has 2 heterocycles. The fourth-order valence-electron chi connectivity index (χ4n) is 3.33. The van der Waals surface area contributed by atoms with Crippen LogP contribution in [0.5, 0.6) is 0 Å². The molecule has 0 aliphatic rings. The Morgan fingerprint density at radius 1 is 1.25 bits per heavy atom. The van der Waals surface area contributed by atoms with Crippen molar-refractivity contribution in [3.05, 3.63) is 54.4 Å². The van der Waals surface area contributed by atoms with Crippen LogP contribution in [0.4, 0.5) is 5.82 Å². The van der Waals surface area contributed by atoms with Gasteiger partial charge < -0.3 is 10.0 Å². The van der Waals surface area contributed by atoms with Crippen LogP contribution in [-0.4, -0.2) is 34.6 Å². The minimum absolute atomic E-state index is 0.398. The zero-order valence-electron chi connectivity index (χ0n) is 16.7. The minimum Gasteiger partial charge on any atom is -0.481 e. The molecule has 0 saturated carbocycles. The van der Waals surface area contributed by atoms with E-state index in [9.17, 15) is 9.90 Å². The predicted molar refractivity (Wildman–Crippen MR) is 114 cm³/mol. The Morgan fingerprint density at radius 2 is 2.07 bits per heavy atom. The van der Waals surface area contributed by atoms with Gasteiger partial charge in [0.15, 0.2) is 0 Å². The average molecular weight is 377 g/mol. The van der Waals surface area contributed by atoms with E-state index in [-0.39, 0.29) is 0 Å². The Morgan fingerprint density at radius 3 is 2.75 bits per heavy atom. The van der Waals surface area contributed by atoms with Crippen LogP contribution in [0.2, 0.25) is 0 Å². The molecule has 0 fully saturated rings. The third-order valence-electron chi connectivity index (χ3n) is 5.01. The van der Waals surface area contributed by atoms with Gasteiger partial charge in [0.25, 0.3) is 0 Å².